The molecule has 1 atom stereocenters. The van der Waals surface area contributed by atoms with E-state index in [0.717, 1.165) is 22.4 Å². The average Bonchev–Trinajstić information content (AvgIpc) is 3.03. The molecular weight excluding hydrogens is 298 g/mol. The van der Waals surface area contributed by atoms with E-state index in [4.69, 9.17) is 4.42 Å². The van der Waals surface area contributed by atoms with Crippen LogP contribution in [0.25, 0.3) is 11.1 Å². The minimum absolute atomic E-state index is 0.126. The first-order valence-corrected chi connectivity index (χ1v) is 7.89. The first kappa shape index (κ1) is 14.5. The zero-order valence-electron chi connectivity index (χ0n) is 13.3. The summed E-state index contributed by atoms with van der Waals surface area (Å²) < 4.78 is 5.82. The molecule has 0 amide bonds. The van der Waals surface area contributed by atoms with Gasteiger partial charge in [0.1, 0.15) is 5.52 Å². The van der Waals surface area contributed by atoms with Gasteiger partial charge in [0.05, 0.1) is 11.7 Å². The molecule has 0 aliphatic heterocycles. The Morgan fingerprint density at radius 1 is 0.958 bits per heavy atom. The van der Waals surface area contributed by atoms with Crippen molar-refractivity contribution in [3.63, 3.8) is 0 Å². The molecule has 4 nitrogen and oxygen atoms in total. The van der Waals surface area contributed by atoms with Gasteiger partial charge in [-0.25, -0.2) is 0 Å². The van der Waals surface area contributed by atoms with E-state index >= 15 is 0 Å². The van der Waals surface area contributed by atoms with Crippen LogP contribution in [0.1, 0.15) is 22.9 Å². The van der Waals surface area contributed by atoms with E-state index in [9.17, 15) is 0 Å². The van der Waals surface area contributed by atoms with E-state index in [1.165, 1.54) is 5.56 Å². The number of para-hydroxylation sites is 2. The summed E-state index contributed by atoms with van der Waals surface area (Å²) in [4.78, 5) is 9.02. The largest absolute Gasteiger partial charge is 0.424 e. The molecule has 0 saturated heterocycles. The predicted octanol–water partition coefficient (Wildman–Crippen LogP) is 4.73. The topological polar surface area (TPSA) is 51.0 Å². The van der Waals surface area contributed by atoms with Crippen LogP contribution in [0.2, 0.25) is 0 Å². The highest BCUT2D eigenvalue weighted by Crippen LogP contribution is 2.27. The van der Waals surface area contributed by atoms with Gasteiger partial charge in [0.25, 0.3) is 6.01 Å². The van der Waals surface area contributed by atoms with E-state index < -0.39 is 0 Å². The van der Waals surface area contributed by atoms with Crippen LogP contribution in [0.4, 0.5) is 6.01 Å². The third-order valence-electron chi connectivity index (χ3n) is 3.92. The fourth-order valence-electron chi connectivity index (χ4n) is 2.78. The first-order valence-electron chi connectivity index (χ1n) is 7.89. The third kappa shape index (κ3) is 2.86. The van der Waals surface area contributed by atoms with Crippen molar-refractivity contribution in [1.82, 2.24) is 9.97 Å². The van der Waals surface area contributed by atoms with Gasteiger partial charge in [-0.2, -0.15) is 4.98 Å². The fraction of sp³-hybridized carbons (Fsp3) is 0.100. The van der Waals surface area contributed by atoms with Crippen LogP contribution in [-0.4, -0.2) is 9.97 Å². The lowest BCUT2D eigenvalue weighted by molar-refractivity contribution is 0.606. The maximum absolute atomic E-state index is 5.82. The van der Waals surface area contributed by atoms with Gasteiger partial charge in [0.2, 0.25) is 0 Å². The Kier molecular flexibility index (Phi) is 3.71. The van der Waals surface area contributed by atoms with Crippen LogP contribution < -0.4 is 5.32 Å². The summed E-state index contributed by atoms with van der Waals surface area (Å²) in [7, 11) is 0. The van der Waals surface area contributed by atoms with Crippen molar-refractivity contribution in [3.8, 4) is 0 Å². The van der Waals surface area contributed by atoms with E-state index in [-0.39, 0.29) is 6.04 Å². The fourth-order valence-corrected chi connectivity index (χ4v) is 2.78. The molecule has 2 heterocycles. The molecule has 1 N–H and O–H groups in total. The van der Waals surface area contributed by atoms with Gasteiger partial charge in [0, 0.05) is 6.20 Å². The molecule has 4 aromatic rings. The summed E-state index contributed by atoms with van der Waals surface area (Å²) in [6.07, 6.45) is 1.80. The summed E-state index contributed by atoms with van der Waals surface area (Å²) in [5.41, 5.74) is 4.85. The zero-order valence-corrected chi connectivity index (χ0v) is 13.3. The Balaban J connectivity index is 1.75. The van der Waals surface area contributed by atoms with E-state index in [1.54, 1.807) is 6.20 Å². The number of oxazole rings is 1. The number of aromatic nitrogens is 2. The second-order valence-corrected chi connectivity index (χ2v) is 5.73. The van der Waals surface area contributed by atoms with Crippen molar-refractivity contribution in [1.29, 1.82) is 0 Å². The molecule has 2 aromatic heterocycles. The maximum atomic E-state index is 5.82. The maximum Gasteiger partial charge on any atom is 0.296 e. The Bertz CT molecular complexity index is 930. The molecule has 4 heteroatoms. The summed E-state index contributed by atoms with van der Waals surface area (Å²) in [5.74, 6) is 0. The molecule has 1 unspecified atom stereocenters. The number of fused-ring (bicyclic) bond motifs is 1. The van der Waals surface area contributed by atoms with Crippen molar-refractivity contribution >= 4 is 17.1 Å². The van der Waals surface area contributed by atoms with Crippen molar-refractivity contribution in [3.05, 3.63) is 89.7 Å². The molecule has 0 aliphatic rings. The highest BCUT2D eigenvalue weighted by Gasteiger charge is 2.18. The van der Waals surface area contributed by atoms with Gasteiger partial charge in [-0.05, 0) is 36.8 Å². The molecule has 0 bridgehead atoms. The number of rotatable bonds is 4. The quantitative estimate of drug-likeness (QED) is 0.591. The van der Waals surface area contributed by atoms with E-state index in [2.05, 4.69) is 40.4 Å². The van der Waals surface area contributed by atoms with Crippen molar-refractivity contribution < 1.29 is 4.42 Å². The second kappa shape index (κ2) is 6.16. The Morgan fingerprint density at radius 3 is 2.62 bits per heavy atom. The number of aryl methyl sites for hydroxylation is 1. The number of pyridine rings is 1. The van der Waals surface area contributed by atoms with Crippen molar-refractivity contribution in [2.45, 2.75) is 13.0 Å². The van der Waals surface area contributed by atoms with Gasteiger partial charge < -0.3 is 9.73 Å². The van der Waals surface area contributed by atoms with Crippen LogP contribution in [0.5, 0.6) is 0 Å². The standard InChI is InChI=1S/C20H17N3O/c1-14-7-6-8-15(13-14)19(17-10-4-5-12-21-17)23-20-22-16-9-2-3-11-18(16)24-20/h2-13,19H,1H3,(H,22,23). The molecule has 0 radical (unpaired) electrons. The molecule has 24 heavy (non-hydrogen) atoms. The monoisotopic (exact) mass is 315 g/mol. The summed E-state index contributed by atoms with van der Waals surface area (Å²) in [5, 5.41) is 3.39. The molecule has 0 spiro atoms. The van der Waals surface area contributed by atoms with Crippen LogP contribution >= 0.6 is 0 Å². The van der Waals surface area contributed by atoms with E-state index in [1.807, 2.05) is 48.5 Å². The SMILES string of the molecule is Cc1cccc(C(Nc2nc3ccccc3o2)c2ccccn2)c1. The molecule has 2 aromatic carbocycles. The van der Waals surface area contributed by atoms with Gasteiger partial charge in [-0.1, -0.05) is 48.0 Å². The predicted molar refractivity (Wildman–Crippen MR) is 94.9 cm³/mol. The van der Waals surface area contributed by atoms with E-state index in [0.29, 0.717) is 6.01 Å². The highest BCUT2D eigenvalue weighted by molar-refractivity contribution is 5.74. The lowest BCUT2D eigenvalue weighted by Crippen LogP contribution is -2.14. The minimum atomic E-state index is -0.126. The average molecular weight is 315 g/mol. The number of hydrogen-bond acceptors (Lipinski definition) is 4. The molecule has 4 rings (SSSR count). The lowest BCUT2D eigenvalue weighted by Gasteiger charge is -2.18. The lowest BCUT2D eigenvalue weighted by atomic mass is 10.0. The zero-order chi connectivity index (χ0) is 16.4. The van der Waals surface area contributed by atoms with Crippen molar-refractivity contribution in [2.24, 2.45) is 0 Å². The van der Waals surface area contributed by atoms with Gasteiger partial charge >= 0.3 is 0 Å². The highest BCUT2D eigenvalue weighted by atomic mass is 16.4. The van der Waals surface area contributed by atoms with Crippen LogP contribution in [-0.2, 0) is 0 Å². The number of benzene rings is 2. The molecule has 0 saturated carbocycles. The van der Waals surface area contributed by atoms with Crippen molar-refractivity contribution in [2.75, 3.05) is 5.32 Å². The number of nitrogens with one attached hydrogen (secondary N) is 1. The second-order valence-electron chi connectivity index (χ2n) is 5.73. The number of anilines is 1. The number of nitrogens with zero attached hydrogens (tertiary/aromatic N) is 2. The molecule has 118 valence electrons. The molecular formula is C20H17N3O. The Hall–Kier alpha value is -3.14. The number of hydrogen-bond donors (Lipinski definition) is 1. The third-order valence-corrected chi connectivity index (χ3v) is 3.92. The molecule has 0 aliphatic carbocycles. The summed E-state index contributed by atoms with van der Waals surface area (Å²) in [6.45, 7) is 2.08. The minimum Gasteiger partial charge on any atom is -0.424 e. The van der Waals surface area contributed by atoms with Crippen LogP contribution in [0, 0.1) is 6.92 Å². The van der Waals surface area contributed by atoms with Gasteiger partial charge in [-0.15, -0.1) is 0 Å². The first-order chi connectivity index (χ1) is 11.8. The Labute approximate surface area is 140 Å². The summed E-state index contributed by atoms with van der Waals surface area (Å²) in [6, 6.07) is 22.4. The van der Waals surface area contributed by atoms with Gasteiger partial charge in [-0.3, -0.25) is 4.98 Å². The van der Waals surface area contributed by atoms with Gasteiger partial charge in [0.15, 0.2) is 5.58 Å². The normalized spacial score (nSPS) is 12.2. The molecule has 0 fully saturated rings. The summed E-state index contributed by atoms with van der Waals surface area (Å²) >= 11 is 0. The Morgan fingerprint density at radius 2 is 1.83 bits per heavy atom. The smallest absolute Gasteiger partial charge is 0.296 e. The van der Waals surface area contributed by atoms with Crippen LogP contribution in [0.15, 0.2) is 77.3 Å². The van der Waals surface area contributed by atoms with Crippen LogP contribution in [0.3, 0.4) is 0 Å².